The molecule has 0 heterocycles. The molecule has 0 N–H and O–H groups in total. The first-order valence-corrected chi connectivity index (χ1v) is 6.12. The molecule has 0 amide bonds. The number of hydrogen-bond donors (Lipinski definition) is 0. The Morgan fingerprint density at radius 1 is 1.38 bits per heavy atom. The Kier molecular flexibility index (Phi) is 2.81. The molecule has 90 valence electrons. The van der Waals surface area contributed by atoms with Crippen molar-refractivity contribution in [3.8, 4) is 0 Å². The molecular weight excluding hydrogens is 204 g/mol. The van der Waals surface area contributed by atoms with Crippen LogP contribution in [0.15, 0.2) is 0 Å². The number of esters is 1. The molecule has 0 radical (unpaired) electrons. The van der Waals surface area contributed by atoms with E-state index >= 15 is 0 Å². The average molecular weight is 224 g/mol. The topological polar surface area (TPSA) is 43.4 Å². The highest BCUT2D eigenvalue weighted by Crippen LogP contribution is 2.57. The zero-order valence-electron chi connectivity index (χ0n) is 10.3. The van der Waals surface area contributed by atoms with Crippen LogP contribution in [0.25, 0.3) is 0 Å². The van der Waals surface area contributed by atoms with Crippen molar-refractivity contribution in [1.82, 2.24) is 0 Å². The molecule has 0 aliphatic heterocycles. The number of fused-ring (bicyclic) bond motifs is 1. The molecule has 2 aliphatic carbocycles. The Labute approximate surface area is 96.5 Å². The van der Waals surface area contributed by atoms with Crippen LogP contribution in [0.5, 0.6) is 0 Å². The average Bonchev–Trinajstić information content (AvgIpc) is 2.63. The van der Waals surface area contributed by atoms with E-state index < -0.39 is 0 Å². The molecule has 0 aromatic carbocycles. The highest BCUT2D eigenvalue weighted by atomic mass is 16.5. The molecule has 0 spiro atoms. The van der Waals surface area contributed by atoms with Gasteiger partial charge in [-0.15, -0.1) is 0 Å². The van der Waals surface area contributed by atoms with E-state index in [0.29, 0.717) is 18.1 Å². The Morgan fingerprint density at radius 3 is 2.69 bits per heavy atom. The van der Waals surface area contributed by atoms with Crippen LogP contribution >= 0.6 is 0 Å². The summed E-state index contributed by atoms with van der Waals surface area (Å²) in [6.45, 7) is 4.27. The molecule has 0 unspecified atom stereocenters. The molecule has 0 bridgehead atoms. The Morgan fingerprint density at radius 2 is 2.06 bits per heavy atom. The van der Waals surface area contributed by atoms with Gasteiger partial charge in [0.25, 0.3) is 0 Å². The largest absolute Gasteiger partial charge is 0.469 e. The molecule has 2 fully saturated rings. The molecular formula is C13H20O3. The molecule has 2 rings (SSSR count). The molecule has 0 aromatic rings. The van der Waals surface area contributed by atoms with Crippen molar-refractivity contribution in [2.24, 2.45) is 23.2 Å². The summed E-state index contributed by atoms with van der Waals surface area (Å²) in [7, 11) is 1.44. The summed E-state index contributed by atoms with van der Waals surface area (Å²) in [5.74, 6) is 0.655. The van der Waals surface area contributed by atoms with E-state index in [2.05, 4.69) is 13.8 Å². The molecule has 2 aliphatic rings. The van der Waals surface area contributed by atoms with Gasteiger partial charge >= 0.3 is 5.97 Å². The minimum Gasteiger partial charge on any atom is -0.469 e. The lowest BCUT2D eigenvalue weighted by molar-refractivity contribution is -0.153. The molecule has 0 saturated heterocycles. The summed E-state index contributed by atoms with van der Waals surface area (Å²) in [5.41, 5.74) is -0.164. The zero-order valence-corrected chi connectivity index (χ0v) is 10.3. The normalized spacial score (nSPS) is 42.9. The fourth-order valence-electron chi connectivity index (χ4n) is 3.75. The third-order valence-corrected chi connectivity index (χ3v) is 5.01. The summed E-state index contributed by atoms with van der Waals surface area (Å²) in [6, 6.07) is 0. The van der Waals surface area contributed by atoms with Gasteiger partial charge < -0.3 is 4.74 Å². The molecule has 16 heavy (non-hydrogen) atoms. The van der Waals surface area contributed by atoms with Crippen molar-refractivity contribution in [2.45, 2.75) is 39.5 Å². The van der Waals surface area contributed by atoms with E-state index in [1.54, 1.807) is 0 Å². The van der Waals surface area contributed by atoms with Gasteiger partial charge in [0.1, 0.15) is 5.78 Å². The van der Waals surface area contributed by atoms with Crippen LogP contribution in [0.2, 0.25) is 0 Å². The number of rotatable bonds is 1. The summed E-state index contributed by atoms with van der Waals surface area (Å²) >= 11 is 0. The number of carbonyl (C=O) groups is 2. The van der Waals surface area contributed by atoms with Crippen LogP contribution in [0, 0.1) is 23.2 Å². The van der Waals surface area contributed by atoms with Crippen LogP contribution in [0.3, 0.4) is 0 Å². The maximum absolute atomic E-state index is 11.9. The first-order chi connectivity index (χ1) is 7.51. The van der Waals surface area contributed by atoms with Crippen molar-refractivity contribution < 1.29 is 14.3 Å². The number of hydrogen-bond acceptors (Lipinski definition) is 3. The predicted molar refractivity (Wildman–Crippen MR) is 59.7 cm³/mol. The van der Waals surface area contributed by atoms with Gasteiger partial charge in [-0.2, -0.15) is 0 Å². The quantitative estimate of drug-likeness (QED) is 0.641. The van der Waals surface area contributed by atoms with Crippen molar-refractivity contribution in [1.29, 1.82) is 0 Å². The van der Waals surface area contributed by atoms with E-state index in [9.17, 15) is 9.59 Å². The van der Waals surface area contributed by atoms with Gasteiger partial charge in [0.15, 0.2) is 0 Å². The highest BCUT2D eigenvalue weighted by molar-refractivity contribution is 5.85. The number of carbonyl (C=O) groups excluding carboxylic acids is 2. The van der Waals surface area contributed by atoms with Gasteiger partial charge in [0.2, 0.25) is 0 Å². The molecule has 3 heteroatoms. The summed E-state index contributed by atoms with van der Waals surface area (Å²) in [5, 5.41) is 0. The van der Waals surface area contributed by atoms with Crippen LogP contribution in [-0.4, -0.2) is 18.9 Å². The van der Waals surface area contributed by atoms with Crippen molar-refractivity contribution in [2.75, 3.05) is 7.11 Å². The minimum atomic E-state index is -0.164. The monoisotopic (exact) mass is 224 g/mol. The Balaban J connectivity index is 2.33. The maximum Gasteiger partial charge on any atom is 0.309 e. The van der Waals surface area contributed by atoms with Gasteiger partial charge in [0.05, 0.1) is 13.0 Å². The lowest BCUT2D eigenvalue weighted by atomic mass is 9.59. The second-order valence-electron chi connectivity index (χ2n) is 5.48. The van der Waals surface area contributed by atoms with Crippen molar-refractivity contribution in [3.05, 3.63) is 0 Å². The first kappa shape index (κ1) is 11.6. The van der Waals surface area contributed by atoms with Gasteiger partial charge in [-0.05, 0) is 30.6 Å². The standard InChI is InChI=1S/C13H20O3/c1-8-4-7-11(14)9-5-6-10(12(15)16-3)13(8,9)2/h8-10H,4-7H2,1-3H3/t8-,9-,10+,13+/m0/s1. The van der Waals surface area contributed by atoms with Gasteiger partial charge in [-0.25, -0.2) is 0 Å². The van der Waals surface area contributed by atoms with E-state index in [1.165, 1.54) is 7.11 Å². The Hall–Kier alpha value is -0.860. The number of Topliss-reactive ketones (excluding diaryl/α,β-unsaturated/α-hetero) is 1. The molecule has 3 nitrogen and oxygen atoms in total. The van der Waals surface area contributed by atoms with E-state index in [0.717, 1.165) is 19.3 Å². The van der Waals surface area contributed by atoms with Crippen LogP contribution in [-0.2, 0) is 14.3 Å². The van der Waals surface area contributed by atoms with Gasteiger partial charge in [0, 0.05) is 12.3 Å². The summed E-state index contributed by atoms with van der Waals surface area (Å²) < 4.78 is 4.88. The first-order valence-electron chi connectivity index (χ1n) is 6.12. The van der Waals surface area contributed by atoms with E-state index in [4.69, 9.17) is 4.74 Å². The minimum absolute atomic E-state index is 0.0817. The fraction of sp³-hybridized carbons (Fsp3) is 0.846. The van der Waals surface area contributed by atoms with E-state index in [-0.39, 0.29) is 23.2 Å². The number of methoxy groups -OCH3 is 1. The van der Waals surface area contributed by atoms with Crippen molar-refractivity contribution in [3.63, 3.8) is 0 Å². The van der Waals surface area contributed by atoms with Gasteiger partial charge in [-0.3, -0.25) is 9.59 Å². The van der Waals surface area contributed by atoms with Crippen LogP contribution in [0.4, 0.5) is 0 Å². The predicted octanol–water partition coefficient (Wildman–Crippen LogP) is 2.19. The van der Waals surface area contributed by atoms with Crippen molar-refractivity contribution >= 4 is 11.8 Å². The van der Waals surface area contributed by atoms with Crippen LogP contribution in [0.1, 0.15) is 39.5 Å². The molecule has 2 saturated carbocycles. The van der Waals surface area contributed by atoms with Crippen LogP contribution < -0.4 is 0 Å². The number of ketones is 1. The third kappa shape index (κ3) is 1.40. The molecule has 0 aromatic heterocycles. The SMILES string of the molecule is COC(=O)[C@H]1CC[C@H]2C(=O)CC[C@H](C)[C@@]12C. The van der Waals surface area contributed by atoms with E-state index in [1.807, 2.05) is 0 Å². The molecule has 4 atom stereocenters. The lowest BCUT2D eigenvalue weighted by Crippen LogP contribution is -2.45. The highest BCUT2D eigenvalue weighted by Gasteiger charge is 2.57. The summed E-state index contributed by atoms with van der Waals surface area (Å²) in [6.07, 6.45) is 3.28. The summed E-state index contributed by atoms with van der Waals surface area (Å²) in [4.78, 5) is 23.7. The van der Waals surface area contributed by atoms with Gasteiger partial charge in [-0.1, -0.05) is 13.8 Å². The number of ether oxygens (including phenoxy) is 1. The lowest BCUT2D eigenvalue weighted by Gasteiger charge is -2.43. The second-order valence-corrected chi connectivity index (χ2v) is 5.48. The zero-order chi connectivity index (χ0) is 11.9. The third-order valence-electron chi connectivity index (χ3n) is 5.01. The second kappa shape index (κ2) is 3.86. The maximum atomic E-state index is 11.9. The fourth-order valence-corrected chi connectivity index (χ4v) is 3.75. The Bertz CT molecular complexity index is 323. The smallest absolute Gasteiger partial charge is 0.309 e.